The fraction of sp³-hybridized carbons (Fsp3) is 0.923. The van der Waals surface area contributed by atoms with E-state index in [1.54, 1.807) is 0 Å². The highest BCUT2D eigenvalue weighted by Crippen LogP contribution is 2.41. The standard InChI is InChI=1S/C13H19F3N2O2/c14-13(15,16)9-3-1-8(2-4-9)11-17-12(19)10-7-20-6-5-18(10)11/h8-11H,1-7H2,(H,17,19). The van der Waals surface area contributed by atoms with Gasteiger partial charge in [-0.25, -0.2) is 0 Å². The summed E-state index contributed by atoms with van der Waals surface area (Å²) in [6.07, 6.45) is -2.78. The van der Waals surface area contributed by atoms with Crippen LogP contribution < -0.4 is 5.32 Å². The summed E-state index contributed by atoms with van der Waals surface area (Å²) >= 11 is 0. The Kier molecular flexibility index (Phi) is 3.66. The second-order valence-electron chi connectivity index (χ2n) is 5.94. The Balaban J connectivity index is 1.62. The maximum atomic E-state index is 12.7. The van der Waals surface area contributed by atoms with Crippen molar-refractivity contribution in [2.24, 2.45) is 11.8 Å². The maximum absolute atomic E-state index is 12.7. The predicted molar refractivity (Wildman–Crippen MR) is 64.7 cm³/mol. The Morgan fingerprint density at radius 3 is 2.55 bits per heavy atom. The molecule has 2 heterocycles. The van der Waals surface area contributed by atoms with Gasteiger partial charge in [-0.1, -0.05) is 0 Å². The molecule has 3 fully saturated rings. The summed E-state index contributed by atoms with van der Waals surface area (Å²) in [4.78, 5) is 13.9. The summed E-state index contributed by atoms with van der Waals surface area (Å²) in [6.45, 7) is 1.65. The molecule has 2 aliphatic heterocycles. The van der Waals surface area contributed by atoms with Crippen molar-refractivity contribution in [3.05, 3.63) is 0 Å². The van der Waals surface area contributed by atoms with E-state index >= 15 is 0 Å². The van der Waals surface area contributed by atoms with Crippen LogP contribution in [-0.2, 0) is 9.53 Å². The average molecular weight is 292 g/mol. The first-order valence-corrected chi connectivity index (χ1v) is 7.17. The smallest absolute Gasteiger partial charge is 0.378 e. The van der Waals surface area contributed by atoms with Crippen molar-refractivity contribution in [3.8, 4) is 0 Å². The minimum atomic E-state index is -4.08. The van der Waals surface area contributed by atoms with Gasteiger partial charge in [-0.2, -0.15) is 13.2 Å². The van der Waals surface area contributed by atoms with Crippen LogP contribution in [0, 0.1) is 11.8 Å². The zero-order valence-corrected chi connectivity index (χ0v) is 11.2. The summed E-state index contributed by atoms with van der Waals surface area (Å²) in [5, 5.41) is 2.94. The second-order valence-corrected chi connectivity index (χ2v) is 5.94. The van der Waals surface area contributed by atoms with Gasteiger partial charge in [0.1, 0.15) is 6.04 Å². The minimum absolute atomic E-state index is 0.0485. The van der Waals surface area contributed by atoms with Crippen molar-refractivity contribution in [1.82, 2.24) is 10.2 Å². The van der Waals surface area contributed by atoms with E-state index in [0.717, 1.165) is 0 Å². The molecule has 3 aliphatic rings. The summed E-state index contributed by atoms with van der Waals surface area (Å²) in [5.74, 6) is -1.09. The first-order chi connectivity index (χ1) is 9.47. The van der Waals surface area contributed by atoms with E-state index in [9.17, 15) is 18.0 Å². The van der Waals surface area contributed by atoms with E-state index in [1.807, 2.05) is 0 Å². The molecule has 0 aromatic carbocycles. The fourth-order valence-corrected chi connectivity index (χ4v) is 3.65. The molecule has 2 saturated heterocycles. The number of halogens is 3. The molecule has 3 rings (SSSR count). The lowest BCUT2D eigenvalue weighted by molar-refractivity contribution is -0.185. The number of alkyl halides is 3. The number of ether oxygens (including phenoxy) is 1. The number of rotatable bonds is 1. The topological polar surface area (TPSA) is 41.6 Å². The van der Waals surface area contributed by atoms with Crippen LogP contribution in [0.3, 0.4) is 0 Å². The minimum Gasteiger partial charge on any atom is -0.378 e. The van der Waals surface area contributed by atoms with Crippen molar-refractivity contribution in [3.63, 3.8) is 0 Å². The molecule has 4 nitrogen and oxygen atoms in total. The molecule has 0 spiro atoms. The number of nitrogens with zero attached hydrogens (tertiary/aromatic N) is 1. The molecule has 1 saturated carbocycles. The highest BCUT2D eigenvalue weighted by atomic mass is 19.4. The molecule has 1 N–H and O–H groups in total. The quantitative estimate of drug-likeness (QED) is 0.796. The number of hydrogen-bond acceptors (Lipinski definition) is 3. The van der Waals surface area contributed by atoms with Crippen LogP contribution >= 0.6 is 0 Å². The Morgan fingerprint density at radius 2 is 1.90 bits per heavy atom. The Hall–Kier alpha value is -0.820. The Bertz CT molecular complexity index is 380. The van der Waals surface area contributed by atoms with Crippen LogP contribution in [0.2, 0.25) is 0 Å². The normalized spacial score (nSPS) is 39.5. The van der Waals surface area contributed by atoms with Crippen molar-refractivity contribution in [2.75, 3.05) is 19.8 Å². The van der Waals surface area contributed by atoms with E-state index in [4.69, 9.17) is 4.74 Å². The van der Waals surface area contributed by atoms with Gasteiger partial charge >= 0.3 is 6.18 Å². The highest BCUT2D eigenvalue weighted by Gasteiger charge is 2.48. The van der Waals surface area contributed by atoms with E-state index in [-0.39, 0.29) is 36.9 Å². The van der Waals surface area contributed by atoms with Crippen molar-refractivity contribution in [2.45, 2.75) is 44.1 Å². The third-order valence-electron chi connectivity index (χ3n) is 4.80. The number of morpholine rings is 1. The van der Waals surface area contributed by atoms with Gasteiger partial charge < -0.3 is 10.1 Å². The van der Waals surface area contributed by atoms with Crippen LogP contribution in [0.25, 0.3) is 0 Å². The van der Waals surface area contributed by atoms with Crippen LogP contribution in [0.15, 0.2) is 0 Å². The van der Waals surface area contributed by atoms with Crippen molar-refractivity contribution in [1.29, 1.82) is 0 Å². The number of carbonyl (C=O) groups is 1. The summed E-state index contributed by atoms with van der Waals surface area (Å²) in [7, 11) is 0. The van der Waals surface area contributed by atoms with E-state index < -0.39 is 12.1 Å². The lowest BCUT2D eigenvalue weighted by Crippen LogP contribution is -2.50. The Morgan fingerprint density at radius 1 is 1.20 bits per heavy atom. The highest BCUT2D eigenvalue weighted by molar-refractivity contribution is 5.84. The monoisotopic (exact) mass is 292 g/mol. The molecule has 114 valence electrons. The Labute approximate surface area is 115 Å². The van der Waals surface area contributed by atoms with Crippen LogP contribution in [0.5, 0.6) is 0 Å². The molecular weight excluding hydrogens is 273 g/mol. The molecule has 2 atom stereocenters. The summed E-state index contributed by atoms with van der Waals surface area (Å²) in [6, 6.07) is -0.255. The lowest BCUT2D eigenvalue weighted by Gasteiger charge is -2.38. The van der Waals surface area contributed by atoms with Gasteiger partial charge in [0, 0.05) is 6.54 Å². The summed E-state index contributed by atoms with van der Waals surface area (Å²) in [5.41, 5.74) is 0. The molecule has 0 radical (unpaired) electrons. The SMILES string of the molecule is O=C1NC(C2CCC(C(F)(F)F)CC2)N2CCOCC12. The number of carbonyl (C=O) groups excluding carboxylic acids is 1. The maximum Gasteiger partial charge on any atom is 0.391 e. The summed E-state index contributed by atoms with van der Waals surface area (Å²) < 4.78 is 43.3. The average Bonchev–Trinajstić information content (AvgIpc) is 2.76. The van der Waals surface area contributed by atoms with Gasteiger partial charge in [0.05, 0.1) is 25.3 Å². The molecule has 20 heavy (non-hydrogen) atoms. The molecule has 7 heteroatoms. The molecule has 1 aliphatic carbocycles. The van der Waals surface area contributed by atoms with Gasteiger partial charge in [0.2, 0.25) is 5.91 Å². The number of fused-ring (bicyclic) bond motifs is 1. The number of hydrogen-bond donors (Lipinski definition) is 1. The van der Waals surface area contributed by atoms with Gasteiger partial charge in [0.15, 0.2) is 0 Å². The van der Waals surface area contributed by atoms with Crippen molar-refractivity contribution < 1.29 is 22.7 Å². The first-order valence-electron chi connectivity index (χ1n) is 7.17. The van der Waals surface area contributed by atoms with E-state index in [0.29, 0.717) is 32.6 Å². The largest absolute Gasteiger partial charge is 0.391 e. The van der Waals surface area contributed by atoms with Crippen LogP contribution in [0.4, 0.5) is 13.2 Å². The first kappa shape index (κ1) is 14.1. The van der Waals surface area contributed by atoms with Gasteiger partial charge in [0.25, 0.3) is 0 Å². The molecule has 1 amide bonds. The molecule has 0 aromatic rings. The second kappa shape index (κ2) is 5.18. The van der Waals surface area contributed by atoms with Crippen LogP contribution in [0.1, 0.15) is 25.7 Å². The zero-order chi connectivity index (χ0) is 14.3. The number of nitrogens with one attached hydrogen (secondary N) is 1. The fourth-order valence-electron chi connectivity index (χ4n) is 3.65. The molecule has 2 unspecified atom stereocenters. The predicted octanol–water partition coefficient (Wildman–Crippen LogP) is 1.51. The molecular formula is C13H19F3N2O2. The van der Waals surface area contributed by atoms with E-state index in [2.05, 4.69) is 10.2 Å². The molecule has 0 aromatic heterocycles. The number of amides is 1. The van der Waals surface area contributed by atoms with Gasteiger partial charge in [-0.3, -0.25) is 9.69 Å². The van der Waals surface area contributed by atoms with Crippen LogP contribution in [-0.4, -0.2) is 48.9 Å². The van der Waals surface area contributed by atoms with Crippen molar-refractivity contribution >= 4 is 5.91 Å². The molecule has 0 bridgehead atoms. The zero-order valence-electron chi connectivity index (χ0n) is 11.2. The third kappa shape index (κ3) is 2.53. The lowest BCUT2D eigenvalue weighted by atomic mass is 9.80. The van der Waals surface area contributed by atoms with Gasteiger partial charge in [-0.05, 0) is 31.6 Å². The van der Waals surface area contributed by atoms with Gasteiger partial charge in [-0.15, -0.1) is 0 Å². The van der Waals surface area contributed by atoms with E-state index in [1.165, 1.54) is 0 Å². The third-order valence-corrected chi connectivity index (χ3v) is 4.80.